The topological polar surface area (TPSA) is 34.4 Å². The Morgan fingerprint density at radius 1 is 0.909 bits per heavy atom. The van der Waals surface area contributed by atoms with Crippen molar-refractivity contribution in [1.82, 2.24) is 4.57 Å². The fourth-order valence-corrected chi connectivity index (χ4v) is 5.68. The number of aryl methyl sites for hydroxylation is 1. The molecule has 1 aromatic heterocycles. The molecule has 1 aliphatic heterocycles. The molecule has 6 rings (SSSR count). The van der Waals surface area contributed by atoms with E-state index in [2.05, 4.69) is 12.1 Å². The standard InChI is InChI=1S/C27H18F2N2OS/c28-19-10-5-16(6-11-19)15-23-26(32)31-25(18-7-12-20(29)13-8-18)22-14-9-17-3-1-2-4-21(17)24(22)30-27(31)33-23/h1-8,10-13,15,25H,9,14H2/b23-15+/t25-/m1/s1. The van der Waals surface area contributed by atoms with Crippen LogP contribution in [0.5, 0.6) is 0 Å². The number of aromatic nitrogens is 1. The highest BCUT2D eigenvalue weighted by Crippen LogP contribution is 2.41. The summed E-state index contributed by atoms with van der Waals surface area (Å²) in [6, 6.07) is 20.3. The predicted molar refractivity (Wildman–Crippen MR) is 126 cm³/mol. The van der Waals surface area contributed by atoms with Crippen molar-refractivity contribution in [2.75, 3.05) is 0 Å². The normalized spacial score (nSPS) is 17.3. The minimum atomic E-state index is -0.347. The van der Waals surface area contributed by atoms with Crippen LogP contribution < -0.4 is 14.9 Å². The van der Waals surface area contributed by atoms with Gasteiger partial charge in [0, 0.05) is 5.56 Å². The zero-order chi connectivity index (χ0) is 22.5. The van der Waals surface area contributed by atoms with Crippen LogP contribution in [0.15, 0.2) is 88.2 Å². The van der Waals surface area contributed by atoms with Gasteiger partial charge in [-0.25, -0.2) is 13.8 Å². The average molecular weight is 457 g/mol. The van der Waals surface area contributed by atoms with Crippen LogP contribution in [-0.4, -0.2) is 4.57 Å². The summed E-state index contributed by atoms with van der Waals surface area (Å²) in [6.07, 6.45) is 3.41. The molecule has 3 nitrogen and oxygen atoms in total. The molecule has 0 amide bonds. The number of halogens is 2. The van der Waals surface area contributed by atoms with Gasteiger partial charge in [-0.15, -0.1) is 0 Å². The Morgan fingerprint density at radius 3 is 2.36 bits per heavy atom. The fourth-order valence-electron chi connectivity index (χ4n) is 4.68. The molecule has 1 aliphatic carbocycles. The zero-order valence-corrected chi connectivity index (χ0v) is 18.3. The second-order valence-electron chi connectivity index (χ2n) is 8.22. The van der Waals surface area contributed by atoms with Crippen LogP contribution in [0.4, 0.5) is 8.78 Å². The Hall–Kier alpha value is -3.64. The smallest absolute Gasteiger partial charge is 0.271 e. The van der Waals surface area contributed by atoms with Crippen LogP contribution in [0.1, 0.15) is 34.7 Å². The molecular formula is C27H18F2N2OS. The molecule has 33 heavy (non-hydrogen) atoms. The monoisotopic (exact) mass is 456 g/mol. The Morgan fingerprint density at radius 2 is 1.61 bits per heavy atom. The van der Waals surface area contributed by atoms with Gasteiger partial charge in [-0.2, -0.15) is 0 Å². The highest BCUT2D eigenvalue weighted by molar-refractivity contribution is 7.07. The quantitative estimate of drug-likeness (QED) is 0.434. The van der Waals surface area contributed by atoms with Crippen molar-refractivity contribution < 1.29 is 8.78 Å². The number of hydrogen-bond donors (Lipinski definition) is 0. The van der Waals surface area contributed by atoms with E-state index in [9.17, 15) is 13.6 Å². The molecular weight excluding hydrogens is 438 g/mol. The van der Waals surface area contributed by atoms with Crippen molar-refractivity contribution in [3.63, 3.8) is 0 Å². The molecule has 0 fully saturated rings. The number of rotatable bonds is 2. The fraction of sp³-hybridized carbons (Fsp3) is 0.111. The molecule has 0 spiro atoms. The Balaban J connectivity index is 1.62. The molecule has 0 bridgehead atoms. The summed E-state index contributed by atoms with van der Waals surface area (Å²) in [5.74, 6) is -0.637. The second-order valence-corrected chi connectivity index (χ2v) is 9.23. The molecule has 4 aromatic rings. The highest BCUT2D eigenvalue weighted by atomic mass is 32.1. The lowest BCUT2D eigenvalue weighted by molar-refractivity contribution is 0.581. The second kappa shape index (κ2) is 7.74. The third kappa shape index (κ3) is 3.38. The maximum Gasteiger partial charge on any atom is 0.271 e. The van der Waals surface area contributed by atoms with Crippen molar-refractivity contribution in [3.8, 4) is 0 Å². The first-order valence-corrected chi connectivity index (χ1v) is 11.5. The van der Waals surface area contributed by atoms with Gasteiger partial charge < -0.3 is 0 Å². The summed E-state index contributed by atoms with van der Waals surface area (Å²) < 4.78 is 29.3. The van der Waals surface area contributed by atoms with Crippen LogP contribution in [-0.2, 0) is 6.42 Å². The first kappa shape index (κ1) is 20.0. The van der Waals surface area contributed by atoms with E-state index >= 15 is 0 Å². The first-order valence-electron chi connectivity index (χ1n) is 10.7. The van der Waals surface area contributed by atoms with Gasteiger partial charge >= 0.3 is 0 Å². The Bertz CT molecular complexity index is 1600. The summed E-state index contributed by atoms with van der Waals surface area (Å²) in [5, 5.41) is 0. The molecule has 2 aliphatic rings. The van der Waals surface area contributed by atoms with Gasteiger partial charge in [0.2, 0.25) is 0 Å². The Kier molecular flexibility index (Phi) is 4.69. The molecule has 0 N–H and O–H groups in total. The van der Waals surface area contributed by atoms with E-state index in [1.165, 1.54) is 41.2 Å². The minimum absolute atomic E-state index is 0.150. The molecule has 162 valence electrons. The van der Waals surface area contributed by atoms with E-state index in [4.69, 9.17) is 4.99 Å². The molecule has 3 aromatic carbocycles. The molecule has 0 unspecified atom stereocenters. The van der Waals surface area contributed by atoms with E-state index < -0.39 is 0 Å². The summed E-state index contributed by atoms with van der Waals surface area (Å²) in [6.45, 7) is 0. The maximum atomic E-state index is 13.7. The summed E-state index contributed by atoms with van der Waals surface area (Å²) >= 11 is 1.32. The molecule has 2 heterocycles. The van der Waals surface area contributed by atoms with E-state index in [1.54, 1.807) is 34.9 Å². The minimum Gasteiger partial charge on any atom is -0.272 e. The van der Waals surface area contributed by atoms with Gasteiger partial charge in [-0.05, 0) is 65.4 Å². The van der Waals surface area contributed by atoms with Gasteiger partial charge in [0.05, 0.1) is 16.3 Å². The Labute approximate surface area is 192 Å². The number of thiazole rings is 1. The number of allylic oxidation sites excluding steroid dienone is 1. The zero-order valence-electron chi connectivity index (χ0n) is 17.5. The van der Waals surface area contributed by atoms with Gasteiger partial charge in [-0.1, -0.05) is 59.9 Å². The van der Waals surface area contributed by atoms with Crippen molar-refractivity contribution in [2.24, 2.45) is 4.99 Å². The average Bonchev–Trinajstić information content (AvgIpc) is 3.14. The van der Waals surface area contributed by atoms with Crippen molar-refractivity contribution in [1.29, 1.82) is 0 Å². The van der Waals surface area contributed by atoms with Crippen LogP contribution in [0.2, 0.25) is 0 Å². The van der Waals surface area contributed by atoms with Gasteiger partial charge in [0.25, 0.3) is 5.56 Å². The van der Waals surface area contributed by atoms with E-state index in [0.29, 0.717) is 9.33 Å². The van der Waals surface area contributed by atoms with E-state index in [1.807, 2.05) is 12.1 Å². The summed E-state index contributed by atoms with van der Waals surface area (Å²) in [4.78, 5) is 19.1. The van der Waals surface area contributed by atoms with Crippen molar-refractivity contribution in [2.45, 2.75) is 18.9 Å². The SMILES string of the molecule is O=c1/c(=C\c2ccc(F)cc2)sc2n1[C@H](c1ccc(F)cc1)C1=C(N=2)c2ccccc2CC1. The number of fused-ring (bicyclic) bond motifs is 3. The van der Waals surface area contributed by atoms with Crippen molar-refractivity contribution in [3.05, 3.63) is 132 Å². The highest BCUT2D eigenvalue weighted by Gasteiger charge is 2.32. The van der Waals surface area contributed by atoms with Crippen LogP contribution >= 0.6 is 11.3 Å². The van der Waals surface area contributed by atoms with Crippen LogP contribution in [0.25, 0.3) is 11.8 Å². The maximum absolute atomic E-state index is 13.7. The third-order valence-corrected chi connectivity index (χ3v) is 7.21. The largest absolute Gasteiger partial charge is 0.272 e. The lowest BCUT2D eigenvalue weighted by atomic mass is 9.83. The van der Waals surface area contributed by atoms with Gasteiger partial charge in [0.15, 0.2) is 4.80 Å². The van der Waals surface area contributed by atoms with Gasteiger partial charge in [0.1, 0.15) is 11.6 Å². The third-order valence-electron chi connectivity index (χ3n) is 6.23. The lowest BCUT2D eigenvalue weighted by Gasteiger charge is -2.30. The van der Waals surface area contributed by atoms with Crippen LogP contribution in [0, 0.1) is 11.6 Å². The summed E-state index contributed by atoms with van der Waals surface area (Å²) in [5.41, 5.74) is 5.75. The predicted octanol–water partition coefficient (Wildman–Crippen LogP) is 4.60. The molecule has 0 radical (unpaired) electrons. The number of nitrogens with zero attached hydrogens (tertiary/aromatic N) is 2. The molecule has 1 atom stereocenters. The first-order chi connectivity index (χ1) is 16.1. The van der Waals surface area contributed by atoms with E-state index in [-0.39, 0.29) is 23.2 Å². The van der Waals surface area contributed by atoms with Crippen molar-refractivity contribution >= 4 is 23.1 Å². The number of benzene rings is 3. The lowest BCUT2D eigenvalue weighted by Crippen LogP contribution is -2.38. The molecule has 0 saturated carbocycles. The molecule has 0 saturated heterocycles. The van der Waals surface area contributed by atoms with Crippen LogP contribution in [0.3, 0.4) is 0 Å². The van der Waals surface area contributed by atoms with E-state index in [0.717, 1.165) is 40.8 Å². The number of hydrogen-bond acceptors (Lipinski definition) is 3. The molecule has 6 heteroatoms. The van der Waals surface area contributed by atoms with Gasteiger partial charge in [-0.3, -0.25) is 9.36 Å². The summed E-state index contributed by atoms with van der Waals surface area (Å²) in [7, 11) is 0.